The lowest BCUT2D eigenvalue weighted by Gasteiger charge is -2.22. The van der Waals surface area contributed by atoms with Crippen LogP contribution in [0.1, 0.15) is 20.3 Å². The molecular weight excluding hydrogens is 156 g/mol. The van der Waals surface area contributed by atoms with Gasteiger partial charge in [-0.2, -0.15) is 0 Å². The molecule has 3 nitrogen and oxygen atoms in total. The Balaban J connectivity index is 2.60. The fourth-order valence-corrected chi connectivity index (χ4v) is 1.14. The van der Waals surface area contributed by atoms with E-state index in [-0.39, 0.29) is 5.97 Å². The predicted octanol–water partition coefficient (Wildman–Crippen LogP) is 1.28. The second kappa shape index (κ2) is 3.72. The Hall–Kier alpha value is -0.830. The van der Waals surface area contributed by atoms with Crippen LogP contribution in [0.3, 0.4) is 0 Å². The van der Waals surface area contributed by atoms with Gasteiger partial charge in [0.1, 0.15) is 0 Å². The summed E-state index contributed by atoms with van der Waals surface area (Å²) < 4.78 is 9.87. The van der Waals surface area contributed by atoms with Crippen molar-refractivity contribution < 1.29 is 14.3 Å². The van der Waals surface area contributed by atoms with Crippen LogP contribution in [-0.4, -0.2) is 25.8 Å². The smallest absolute Gasteiger partial charge is 0.335 e. The largest absolute Gasteiger partial charge is 0.467 e. The first kappa shape index (κ1) is 9.26. The molecule has 1 heterocycles. The number of methoxy groups -OCH3 is 1. The molecule has 0 spiro atoms. The average molecular weight is 170 g/mol. The summed E-state index contributed by atoms with van der Waals surface area (Å²) >= 11 is 0. The first-order valence-corrected chi connectivity index (χ1v) is 3.99. The van der Waals surface area contributed by atoms with Crippen LogP contribution >= 0.6 is 0 Å². The van der Waals surface area contributed by atoms with Crippen LogP contribution in [0.15, 0.2) is 11.1 Å². The fraction of sp³-hybridized carbons (Fsp3) is 0.667. The van der Waals surface area contributed by atoms with Crippen molar-refractivity contribution in [1.82, 2.24) is 0 Å². The van der Waals surface area contributed by atoms with Crippen LogP contribution in [-0.2, 0) is 14.3 Å². The number of rotatable bonds is 1. The fourth-order valence-electron chi connectivity index (χ4n) is 1.14. The summed E-state index contributed by atoms with van der Waals surface area (Å²) in [6.07, 6.45) is 0.275. The number of hydrogen-bond donors (Lipinski definition) is 0. The molecule has 1 aliphatic rings. The molecule has 3 heteroatoms. The van der Waals surface area contributed by atoms with Crippen molar-refractivity contribution in [3.05, 3.63) is 11.1 Å². The van der Waals surface area contributed by atoms with Gasteiger partial charge in [-0.15, -0.1) is 0 Å². The second-order valence-corrected chi connectivity index (χ2v) is 3.09. The van der Waals surface area contributed by atoms with E-state index in [9.17, 15) is 4.79 Å². The van der Waals surface area contributed by atoms with Gasteiger partial charge in [0.25, 0.3) is 0 Å². The predicted molar refractivity (Wildman–Crippen MR) is 44.7 cm³/mol. The Morgan fingerprint density at radius 1 is 1.50 bits per heavy atom. The third kappa shape index (κ3) is 1.85. The summed E-state index contributed by atoms with van der Waals surface area (Å²) in [4.78, 5) is 11.0. The molecule has 0 amide bonds. The van der Waals surface area contributed by atoms with Crippen LogP contribution in [0, 0.1) is 0 Å². The minimum absolute atomic E-state index is 0.276. The van der Waals surface area contributed by atoms with Crippen molar-refractivity contribution >= 4 is 5.97 Å². The van der Waals surface area contributed by atoms with Gasteiger partial charge in [-0.3, -0.25) is 0 Å². The lowest BCUT2D eigenvalue weighted by molar-refractivity contribution is -0.154. The first-order chi connectivity index (χ1) is 5.65. The highest BCUT2D eigenvalue weighted by molar-refractivity contribution is 5.75. The summed E-state index contributed by atoms with van der Waals surface area (Å²) in [6, 6.07) is 0. The second-order valence-electron chi connectivity index (χ2n) is 3.09. The van der Waals surface area contributed by atoms with Gasteiger partial charge in [0, 0.05) is 6.42 Å². The molecule has 0 fully saturated rings. The maximum Gasteiger partial charge on any atom is 0.335 e. The van der Waals surface area contributed by atoms with Crippen molar-refractivity contribution in [2.24, 2.45) is 0 Å². The Morgan fingerprint density at radius 2 is 2.17 bits per heavy atom. The van der Waals surface area contributed by atoms with Gasteiger partial charge in [-0.05, 0) is 19.4 Å². The SMILES string of the molecule is COC(=O)[C@H]1CC(C)=C(C)CO1. The molecule has 1 rings (SSSR count). The van der Waals surface area contributed by atoms with Crippen molar-refractivity contribution in [2.75, 3.05) is 13.7 Å². The molecule has 0 saturated heterocycles. The van der Waals surface area contributed by atoms with Gasteiger partial charge in [0.05, 0.1) is 13.7 Å². The summed E-state index contributed by atoms with van der Waals surface area (Å²) in [6.45, 7) is 4.59. The van der Waals surface area contributed by atoms with E-state index in [1.54, 1.807) is 0 Å². The number of hydrogen-bond acceptors (Lipinski definition) is 3. The normalized spacial score (nSPS) is 24.1. The maximum absolute atomic E-state index is 11.0. The van der Waals surface area contributed by atoms with E-state index in [2.05, 4.69) is 4.74 Å². The van der Waals surface area contributed by atoms with Gasteiger partial charge in [0.15, 0.2) is 6.10 Å². The van der Waals surface area contributed by atoms with Gasteiger partial charge >= 0.3 is 5.97 Å². The van der Waals surface area contributed by atoms with Crippen molar-refractivity contribution in [1.29, 1.82) is 0 Å². The summed E-state index contributed by atoms with van der Waals surface area (Å²) in [5.41, 5.74) is 2.45. The molecule has 0 aliphatic carbocycles. The van der Waals surface area contributed by atoms with Gasteiger partial charge < -0.3 is 9.47 Å². The molecule has 0 N–H and O–H groups in total. The molecule has 12 heavy (non-hydrogen) atoms. The topological polar surface area (TPSA) is 35.5 Å². The minimum atomic E-state index is -0.390. The lowest BCUT2D eigenvalue weighted by atomic mass is 10.0. The standard InChI is InChI=1S/C9H14O3/c1-6-4-8(9(10)11-3)12-5-7(6)2/h8H,4-5H2,1-3H3/t8-/m1/s1. The molecule has 1 atom stereocenters. The van der Waals surface area contributed by atoms with E-state index < -0.39 is 6.10 Å². The Kier molecular flexibility index (Phi) is 2.87. The van der Waals surface area contributed by atoms with Crippen molar-refractivity contribution in [3.8, 4) is 0 Å². The monoisotopic (exact) mass is 170 g/mol. The maximum atomic E-state index is 11.0. The van der Waals surface area contributed by atoms with Gasteiger partial charge in [-0.25, -0.2) is 4.79 Å². The quantitative estimate of drug-likeness (QED) is 0.439. The van der Waals surface area contributed by atoms with E-state index in [0.717, 1.165) is 0 Å². The number of carbonyl (C=O) groups is 1. The van der Waals surface area contributed by atoms with Crippen LogP contribution < -0.4 is 0 Å². The highest BCUT2D eigenvalue weighted by Gasteiger charge is 2.24. The molecule has 0 aromatic heterocycles. The minimum Gasteiger partial charge on any atom is -0.467 e. The van der Waals surface area contributed by atoms with E-state index in [0.29, 0.717) is 13.0 Å². The highest BCUT2D eigenvalue weighted by atomic mass is 16.6. The van der Waals surface area contributed by atoms with E-state index in [4.69, 9.17) is 4.74 Å². The summed E-state index contributed by atoms with van der Waals surface area (Å²) in [5, 5.41) is 0. The zero-order valence-corrected chi connectivity index (χ0v) is 7.72. The van der Waals surface area contributed by atoms with Crippen molar-refractivity contribution in [2.45, 2.75) is 26.4 Å². The van der Waals surface area contributed by atoms with Crippen LogP contribution in [0.2, 0.25) is 0 Å². The molecule has 0 bridgehead atoms. The van der Waals surface area contributed by atoms with Gasteiger partial charge in [-0.1, -0.05) is 5.57 Å². The first-order valence-electron chi connectivity index (χ1n) is 3.99. The highest BCUT2D eigenvalue weighted by Crippen LogP contribution is 2.20. The Bertz CT molecular complexity index is 218. The zero-order valence-electron chi connectivity index (χ0n) is 7.72. The third-order valence-corrected chi connectivity index (χ3v) is 2.19. The number of ether oxygens (including phenoxy) is 2. The third-order valence-electron chi connectivity index (χ3n) is 2.19. The Morgan fingerprint density at radius 3 is 2.67 bits per heavy atom. The van der Waals surface area contributed by atoms with Crippen molar-refractivity contribution in [3.63, 3.8) is 0 Å². The van der Waals surface area contributed by atoms with E-state index >= 15 is 0 Å². The molecule has 1 aliphatic heterocycles. The zero-order chi connectivity index (χ0) is 9.14. The average Bonchev–Trinajstić information content (AvgIpc) is 2.08. The number of carbonyl (C=O) groups excluding carboxylic acids is 1. The molecule has 0 saturated carbocycles. The molecule has 0 aromatic carbocycles. The molecule has 68 valence electrons. The van der Waals surface area contributed by atoms with E-state index in [1.807, 2.05) is 13.8 Å². The van der Waals surface area contributed by atoms with E-state index in [1.165, 1.54) is 18.3 Å². The lowest BCUT2D eigenvalue weighted by Crippen LogP contribution is -2.29. The Labute approximate surface area is 72.4 Å². The summed E-state index contributed by atoms with van der Waals surface area (Å²) in [7, 11) is 1.38. The van der Waals surface area contributed by atoms with Crippen LogP contribution in [0.25, 0.3) is 0 Å². The molecule has 0 unspecified atom stereocenters. The van der Waals surface area contributed by atoms with Gasteiger partial charge in [0.2, 0.25) is 0 Å². The molecule has 0 radical (unpaired) electrons. The molecule has 0 aromatic rings. The molecular formula is C9H14O3. The van der Waals surface area contributed by atoms with Crippen LogP contribution in [0.4, 0.5) is 0 Å². The summed E-state index contributed by atoms with van der Waals surface area (Å²) in [5.74, 6) is -0.276. The van der Waals surface area contributed by atoms with Crippen LogP contribution in [0.5, 0.6) is 0 Å². The number of esters is 1.